The molecule has 0 heterocycles. The van der Waals surface area contributed by atoms with Gasteiger partial charge in [0.05, 0.1) is 0 Å². The van der Waals surface area contributed by atoms with Crippen LogP contribution in [0.2, 0.25) is 0 Å². The number of hydrogen-bond acceptors (Lipinski definition) is 1. The van der Waals surface area contributed by atoms with E-state index in [9.17, 15) is 0 Å². The first-order valence-electron chi connectivity index (χ1n) is 6.69. The molecular weight excluding hydrogens is 206 g/mol. The zero-order chi connectivity index (χ0) is 12.3. The second-order valence-electron chi connectivity index (χ2n) is 5.17. The molecule has 0 unspecified atom stereocenters. The van der Waals surface area contributed by atoms with Crippen molar-refractivity contribution in [2.24, 2.45) is 0 Å². The van der Waals surface area contributed by atoms with Gasteiger partial charge in [0, 0.05) is 12.6 Å². The SMILES string of the molecule is CCC(=Cc1ccc(C)cc1C)CNC1CC1. The average Bonchev–Trinajstić information content (AvgIpc) is 3.11. The van der Waals surface area contributed by atoms with Gasteiger partial charge in [-0.2, -0.15) is 0 Å². The van der Waals surface area contributed by atoms with Gasteiger partial charge in [-0.05, 0) is 44.2 Å². The van der Waals surface area contributed by atoms with E-state index in [1.165, 1.54) is 35.1 Å². The molecule has 0 spiro atoms. The van der Waals surface area contributed by atoms with E-state index in [0.717, 1.165) is 19.0 Å². The zero-order valence-electron chi connectivity index (χ0n) is 11.2. The molecule has 1 saturated carbocycles. The molecule has 0 radical (unpaired) electrons. The Morgan fingerprint density at radius 2 is 2.12 bits per heavy atom. The van der Waals surface area contributed by atoms with Crippen molar-refractivity contribution in [2.45, 2.75) is 46.1 Å². The molecule has 1 aromatic rings. The van der Waals surface area contributed by atoms with Crippen molar-refractivity contribution in [3.05, 3.63) is 40.5 Å². The summed E-state index contributed by atoms with van der Waals surface area (Å²) in [5, 5.41) is 3.59. The average molecular weight is 229 g/mol. The van der Waals surface area contributed by atoms with Crippen LogP contribution in [0.5, 0.6) is 0 Å². The molecule has 1 aliphatic rings. The van der Waals surface area contributed by atoms with Crippen molar-refractivity contribution in [1.82, 2.24) is 5.32 Å². The zero-order valence-corrected chi connectivity index (χ0v) is 11.2. The summed E-state index contributed by atoms with van der Waals surface area (Å²) in [6, 6.07) is 7.48. The van der Waals surface area contributed by atoms with Crippen LogP contribution in [0.4, 0.5) is 0 Å². The van der Waals surface area contributed by atoms with Crippen molar-refractivity contribution < 1.29 is 0 Å². The largest absolute Gasteiger partial charge is 0.310 e. The molecular formula is C16H23N. The van der Waals surface area contributed by atoms with Crippen LogP contribution < -0.4 is 5.32 Å². The van der Waals surface area contributed by atoms with Gasteiger partial charge in [0.25, 0.3) is 0 Å². The monoisotopic (exact) mass is 229 g/mol. The minimum Gasteiger partial charge on any atom is -0.310 e. The van der Waals surface area contributed by atoms with Gasteiger partial charge >= 0.3 is 0 Å². The van der Waals surface area contributed by atoms with E-state index in [4.69, 9.17) is 0 Å². The predicted molar refractivity (Wildman–Crippen MR) is 75.2 cm³/mol. The van der Waals surface area contributed by atoms with Crippen molar-refractivity contribution in [2.75, 3.05) is 6.54 Å². The number of nitrogens with one attached hydrogen (secondary N) is 1. The molecule has 1 aromatic carbocycles. The third kappa shape index (κ3) is 3.71. The molecule has 0 saturated heterocycles. The minimum atomic E-state index is 0.795. The van der Waals surface area contributed by atoms with Crippen LogP contribution in [0.3, 0.4) is 0 Å². The van der Waals surface area contributed by atoms with Gasteiger partial charge in [-0.15, -0.1) is 0 Å². The summed E-state index contributed by atoms with van der Waals surface area (Å²) in [6.45, 7) is 7.63. The fraction of sp³-hybridized carbons (Fsp3) is 0.500. The molecule has 1 heteroatoms. The molecule has 17 heavy (non-hydrogen) atoms. The van der Waals surface area contributed by atoms with Crippen LogP contribution in [0.25, 0.3) is 6.08 Å². The standard InChI is InChI=1S/C16H23N/c1-4-14(11-17-16-7-8-16)10-15-6-5-12(2)9-13(15)3/h5-6,9-10,16-17H,4,7-8,11H2,1-3H3. The first kappa shape index (κ1) is 12.4. The summed E-state index contributed by atoms with van der Waals surface area (Å²) in [6.07, 6.45) is 6.21. The third-order valence-electron chi connectivity index (χ3n) is 3.43. The molecule has 1 aliphatic carbocycles. The fourth-order valence-corrected chi connectivity index (χ4v) is 2.05. The van der Waals surface area contributed by atoms with Gasteiger partial charge < -0.3 is 5.32 Å². The van der Waals surface area contributed by atoms with E-state index in [1.54, 1.807) is 0 Å². The molecule has 0 aliphatic heterocycles. The molecule has 1 fully saturated rings. The lowest BCUT2D eigenvalue weighted by Gasteiger charge is -2.08. The molecule has 0 atom stereocenters. The van der Waals surface area contributed by atoms with Crippen LogP contribution in [-0.2, 0) is 0 Å². The number of rotatable bonds is 5. The summed E-state index contributed by atoms with van der Waals surface area (Å²) in [5.41, 5.74) is 5.59. The Morgan fingerprint density at radius 3 is 2.71 bits per heavy atom. The van der Waals surface area contributed by atoms with Crippen LogP contribution in [-0.4, -0.2) is 12.6 Å². The van der Waals surface area contributed by atoms with Gasteiger partial charge in [0.15, 0.2) is 0 Å². The number of aryl methyl sites for hydroxylation is 2. The van der Waals surface area contributed by atoms with Crippen molar-refractivity contribution >= 4 is 6.08 Å². The van der Waals surface area contributed by atoms with E-state index in [0.29, 0.717) is 0 Å². The third-order valence-corrected chi connectivity index (χ3v) is 3.43. The smallest absolute Gasteiger partial charge is 0.0170 e. The molecule has 0 bridgehead atoms. The van der Waals surface area contributed by atoms with Crippen LogP contribution in [0.15, 0.2) is 23.8 Å². The van der Waals surface area contributed by atoms with E-state index >= 15 is 0 Å². The van der Waals surface area contributed by atoms with Gasteiger partial charge in [0.2, 0.25) is 0 Å². The van der Waals surface area contributed by atoms with E-state index in [-0.39, 0.29) is 0 Å². The molecule has 0 amide bonds. The second kappa shape index (κ2) is 5.50. The minimum absolute atomic E-state index is 0.795. The van der Waals surface area contributed by atoms with E-state index in [1.807, 2.05) is 0 Å². The van der Waals surface area contributed by atoms with Crippen LogP contribution in [0, 0.1) is 13.8 Å². The number of hydrogen-bond donors (Lipinski definition) is 1. The Hall–Kier alpha value is -1.08. The Balaban J connectivity index is 2.07. The molecule has 0 aromatic heterocycles. The Kier molecular flexibility index (Phi) is 4.01. The van der Waals surface area contributed by atoms with E-state index in [2.05, 4.69) is 50.4 Å². The quantitative estimate of drug-likeness (QED) is 0.808. The summed E-state index contributed by atoms with van der Waals surface area (Å²) in [5.74, 6) is 0. The Labute approximate surface area is 105 Å². The fourth-order valence-electron chi connectivity index (χ4n) is 2.05. The maximum Gasteiger partial charge on any atom is 0.0170 e. The maximum atomic E-state index is 3.59. The molecule has 1 N–H and O–H groups in total. The molecule has 1 nitrogen and oxygen atoms in total. The summed E-state index contributed by atoms with van der Waals surface area (Å²) in [4.78, 5) is 0. The van der Waals surface area contributed by atoms with Gasteiger partial charge in [0.1, 0.15) is 0 Å². The first-order chi connectivity index (χ1) is 8.19. The summed E-state index contributed by atoms with van der Waals surface area (Å²) >= 11 is 0. The Bertz CT molecular complexity index is 414. The molecule has 92 valence electrons. The van der Waals surface area contributed by atoms with Crippen LogP contribution >= 0.6 is 0 Å². The van der Waals surface area contributed by atoms with Crippen molar-refractivity contribution in [3.63, 3.8) is 0 Å². The van der Waals surface area contributed by atoms with E-state index < -0.39 is 0 Å². The van der Waals surface area contributed by atoms with Crippen LogP contribution in [0.1, 0.15) is 42.9 Å². The lowest BCUT2D eigenvalue weighted by molar-refractivity contribution is 0.723. The van der Waals surface area contributed by atoms with Crippen molar-refractivity contribution in [3.8, 4) is 0 Å². The topological polar surface area (TPSA) is 12.0 Å². The lowest BCUT2D eigenvalue weighted by atomic mass is 10.0. The normalized spacial score (nSPS) is 16.3. The highest BCUT2D eigenvalue weighted by molar-refractivity contribution is 5.57. The summed E-state index contributed by atoms with van der Waals surface area (Å²) < 4.78 is 0. The van der Waals surface area contributed by atoms with Gasteiger partial charge in [-0.3, -0.25) is 0 Å². The number of benzene rings is 1. The highest BCUT2D eigenvalue weighted by atomic mass is 14.9. The van der Waals surface area contributed by atoms with Crippen molar-refractivity contribution in [1.29, 1.82) is 0 Å². The predicted octanol–water partition coefficient (Wildman–Crippen LogP) is 3.85. The van der Waals surface area contributed by atoms with Gasteiger partial charge in [-0.1, -0.05) is 42.3 Å². The first-order valence-corrected chi connectivity index (χ1v) is 6.69. The van der Waals surface area contributed by atoms with Gasteiger partial charge in [-0.25, -0.2) is 0 Å². The highest BCUT2D eigenvalue weighted by Crippen LogP contribution is 2.20. The highest BCUT2D eigenvalue weighted by Gasteiger charge is 2.20. The molecule has 2 rings (SSSR count). The second-order valence-corrected chi connectivity index (χ2v) is 5.17. The summed E-state index contributed by atoms with van der Waals surface area (Å²) in [7, 11) is 0. The maximum absolute atomic E-state index is 3.59. The Morgan fingerprint density at radius 1 is 1.35 bits per heavy atom. The lowest BCUT2D eigenvalue weighted by Crippen LogP contribution is -2.18.